The van der Waals surface area contributed by atoms with Crippen molar-refractivity contribution in [1.29, 1.82) is 0 Å². The molecule has 1 N–H and O–H groups in total. The van der Waals surface area contributed by atoms with Crippen molar-refractivity contribution in [2.45, 2.75) is 0 Å². The molecule has 5 nitrogen and oxygen atoms in total. The maximum Gasteiger partial charge on any atom is 0.521 e. The van der Waals surface area contributed by atoms with Crippen molar-refractivity contribution in [1.82, 2.24) is 4.98 Å². The number of hydrogen-bond donors (Lipinski definition) is 1. The number of aromatic hydroxyl groups is 1. The van der Waals surface area contributed by atoms with Gasteiger partial charge < -0.3 is 14.6 Å². The minimum Gasteiger partial charge on any atom is -0.503 e. The summed E-state index contributed by atoms with van der Waals surface area (Å²) < 4.78 is 73.3. The van der Waals surface area contributed by atoms with Gasteiger partial charge in [-0.3, -0.25) is 0 Å². The third-order valence-corrected chi connectivity index (χ3v) is 2.29. The first-order chi connectivity index (χ1) is 10.3. The van der Waals surface area contributed by atoms with Crippen LogP contribution in [-0.4, -0.2) is 16.2 Å². The van der Waals surface area contributed by atoms with Gasteiger partial charge in [-0.05, 0) is 12.1 Å². The molecule has 0 saturated carbocycles. The molecule has 1 aromatic heterocycles. The second-order valence-corrected chi connectivity index (χ2v) is 3.68. The van der Waals surface area contributed by atoms with Crippen LogP contribution >= 0.6 is 0 Å². The van der Waals surface area contributed by atoms with Gasteiger partial charge in [-0.15, -0.1) is 0 Å². The molecule has 0 saturated heterocycles. The summed E-state index contributed by atoms with van der Waals surface area (Å²) in [6.45, 7) is 0. The molecule has 2 rings (SSSR count). The number of pyridine rings is 1. The number of hydrogen-bond acceptors (Lipinski definition) is 5. The van der Waals surface area contributed by atoms with E-state index in [4.69, 9.17) is 0 Å². The zero-order valence-corrected chi connectivity index (χ0v) is 10.2. The summed E-state index contributed by atoms with van der Waals surface area (Å²) in [4.78, 5) is 14.7. The van der Waals surface area contributed by atoms with Gasteiger partial charge in [0.2, 0.25) is 34.8 Å². The molecule has 116 valence electrons. The van der Waals surface area contributed by atoms with Crippen molar-refractivity contribution >= 4 is 6.16 Å². The zero-order chi connectivity index (χ0) is 16.4. The first-order valence-corrected chi connectivity index (χ1v) is 5.38. The summed E-state index contributed by atoms with van der Waals surface area (Å²) in [7, 11) is 0. The largest absolute Gasteiger partial charge is 0.521 e. The van der Waals surface area contributed by atoms with E-state index >= 15 is 0 Å². The Bertz CT molecular complexity index is 724. The van der Waals surface area contributed by atoms with Gasteiger partial charge >= 0.3 is 6.16 Å². The number of carbonyl (C=O) groups is 1. The summed E-state index contributed by atoms with van der Waals surface area (Å²) in [6, 6.07) is 2.34. The minimum absolute atomic E-state index is 0.614. The maximum atomic E-state index is 13.3. The Labute approximate surface area is 118 Å². The van der Waals surface area contributed by atoms with Crippen molar-refractivity contribution in [3.8, 4) is 17.4 Å². The van der Waals surface area contributed by atoms with E-state index in [0.717, 1.165) is 12.3 Å². The van der Waals surface area contributed by atoms with E-state index in [2.05, 4.69) is 14.5 Å². The molecule has 1 heterocycles. The van der Waals surface area contributed by atoms with Gasteiger partial charge in [0, 0.05) is 6.20 Å². The standard InChI is InChI=1S/C12H4F5NO4/c13-5-6(14)8(16)10(9(17)7(5)15)21-12(20)22-11-4(19)2-1-3-18-11/h1-3,19H. The Morgan fingerprint density at radius 1 is 0.955 bits per heavy atom. The van der Waals surface area contributed by atoms with Crippen LogP contribution in [0.3, 0.4) is 0 Å². The first-order valence-electron chi connectivity index (χ1n) is 5.38. The average molecular weight is 321 g/mol. The second kappa shape index (κ2) is 5.84. The van der Waals surface area contributed by atoms with Crippen molar-refractivity contribution in [3.05, 3.63) is 47.4 Å². The molecule has 0 aliphatic rings. The lowest BCUT2D eigenvalue weighted by Crippen LogP contribution is -2.17. The molecule has 10 heteroatoms. The predicted octanol–water partition coefficient (Wildman–Crippen LogP) is 3.06. The number of benzene rings is 1. The summed E-state index contributed by atoms with van der Waals surface area (Å²) in [5.74, 6) is -14.8. The number of halogens is 5. The van der Waals surface area contributed by atoms with Crippen LogP contribution in [0.1, 0.15) is 0 Å². The molecule has 22 heavy (non-hydrogen) atoms. The van der Waals surface area contributed by atoms with Gasteiger partial charge in [-0.2, -0.15) is 8.78 Å². The Morgan fingerprint density at radius 2 is 1.50 bits per heavy atom. The molecule has 1 aromatic carbocycles. The quantitative estimate of drug-likeness (QED) is 0.303. The highest BCUT2D eigenvalue weighted by atomic mass is 19.2. The van der Waals surface area contributed by atoms with Gasteiger partial charge in [0.15, 0.2) is 5.75 Å². The number of carbonyl (C=O) groups excluding carboxylic acids is 1. The molecule has 0 atom stereocenters. The van der Waals surface area contributed by atoms with Crippen LogP contribution < -0.4 is 9.47 Å². The lowest BCUT2D eigenvalue weighted by molar-refractivity contribution is 0.142. The first kappa shape index (κ1) is 15.5. The molecule has 0 aliphatic carbocycles. The fourth-order valence-electron chi connectivity index (χ4n) is 1.32. The Balaban J connectivity index is 2.28. The highest BCUT2D eigenvalue weighted by molar-refractivity contribution is 5.67. The summed E-state index contributed by atoms with van der Waals surface area (Å²) in [5, 5.41) is 9.25. The summed E-state index contributed by atoms with van der Waals surface area (Å²) in [6.07, 6.45) is -0.766. The van der Waals surface area contributed by atoms with Gasteiger partial charge in [0.25, 0.3) is 5.88 Å². The maximum absolute atomic E-state index is 13.3. The molecule has 2 aromatic rings. The van der Waals surface area contributed by atoms with E-state index in [0.29, 0.717) is 0 Å². The third kappa shape index (κ3) is 2.75. The van der Waals surface area contributed by atoms with Crippen LogP contribution in [0.2, 0.25) is 0 Å². The Kier molecular flexibility index (Phi) is 4.11. The number of aromatic nitrogens is 1. The average Bonchev–Trinajstić information content (AvgIpc) is 2.50. The summed E-state index contributed by atoms with van der Waals surface area (Å²) >= 11 is 0. The van der Waals surface area contributed by atoms with Gasteiger partial charge in [-0.1, -0.05) is 0 Å². The molecule has 0 bridgehead atoms. The highest BCUT2D eigenvalue weighted by Crippen LogP contribution is 2.30. The van der Waals surface area contributed by atoms with E-state index in [-0.39, 0.29) is 0 Å². The topological polar surface area (TPSA) is 68.7 Å². The zero-order valence-electron chi connectivity index (χ0n) is 10.2. The number of ether oxygens (including phenoxy) is 2. The Morgan fingerprint density at radius 3 is 2.05 bits per heavy atom. The van der Waals surface area contributed by atoms with E-state index in [1.165, 1.54) is 6.07 Å². The van der Waals surface area contributed by atoms with Gasteiger partial charge in [-0.25, -0.2) is 22.9 Å². The lowest BCUT2D eigenvalue weighted by Gasteiger charge is -2.09. The van der Waals surface area contributed by atoms with Crippen molar-refractivity contribution in [3.63, 3.8) is 0 Å². The molecule has 0 unspecified atom stereocenters. The number of nitrogens with zero attached hydrogens (tertiary/aromatic N) is 1. The summed E-state index contributed by atoms with van der Waals surface area (Å²) in [5.41, 5.74) is 0. The van der Waals surface area contributed by atoms with Gasteiger partial charge in [0.1, 0.15) is 0 Å². The van der Waals surface area contributed by atoms with E-state index in [9.17, 15) is 31.9 Å². The van der Waals surface area contributed by atoms with E-state index in [1.54, 1.807) is 0 Å². The second-order valence-electron chi connectivity index (χ2n) is 3.68. The molecule has 0 aliphatic heterocycles. The van der Waals surface area contributed by atoms with Crippen molar-refractivity contribution < 1.29 is 41.3 Å². The predicted molar refractivity (Wildman–Crippen MR) is 58.8 cm³/mol. The Hall–Kier alpha value is -2.91. The smallest absolute Gasteiger partial charge is 0.503 e. The minimum atomic E-state index is -2.40. The highest BCUT2D eigenvalue weighted by Gasteiger charge is 2.29. The fraction of sp³-hybridized carbons (Fsp3) is 0. The van der Waals surface area contributed by atoms with Crippen LogP contribution in [0, 0.1) is 29.1 Å². The van der Waals surface area contributed by atoms with E-state index in [1.807, 2.05) is 0 Å². The number of rotatable bonds is 2. The van der Waals surface area contributed by atoms with Crippen LogP contribution in [0.4, 0.5) is 26.7 Å². The molecular weight excluding hydrogens is 317 g/mol. The van der Waals surface area contributed by atoms with Crippen LogP contribution in [-0.2, 0) is 0 Å². The van der Waals surface area contributed by atoms with E-state index < -0.39 is 52.6 Å². The van der Waals surface area contributed by atoms with Crippen LogP contribution in [0.25, 0.3) is 0 Å². The molecule has 0 fully saturated rings. The molecule has 0 spiro atoms. The van der Waals surface area contributed by atoms with Gasteiger partial charge in [0.05, 0.1) is 0 Å². The van der Waals surface area contributed by atoms with Crippen molar-refractivity contribution in [2.75, 3.05) is 0 Å². The lowest BCUT2D eigenvalue weighted by atomic mass is 10.3. The molecular formula is C12H4F5NO4. The molecule has 0 amide bonds. The SMILES string of the molecule is O=C(Oc1ncccc1O)Oc1c(F)c(F)c(F)c(F)c1F. The van der Waals surface area contributed by atoms with Crippen LogP contribution in [0.5, 0.6) is 17.4 Å². The van der Waals surface area contributed by atoms with Crippen LogP contribution in [0.15, 0.2) is 18.3 Å². The monoisotopic (exact) mass is 321 g/mol. The third-order valence-electron chi connectivity index (χ3n) is 2.29. The van der Waals surface area contributed by atoms with Crippen molar-refractivity contribution in [2.24, 2.45) is 0 Å². The molecule has 0 radical (unpaired) electrons. The fourth-order valence-corrected chi connectivity index (χ4v) is 1.32. The normalized spacial score (nSPS) is 10.4.